The maximum atomic E-state index is 11.6. The molecule has 23 heavy (non-hydrogen) atoms. The molecule has 1 aromatic heterocycles. The molecule has 1 fully saturated rings. The van der Waals surface area contributed by atoms with Crippen LogP contribution >= 0.6 is 28.1 Å². The zero-order valence-corrected chi connectivity index (χ0v) is 13.7. The number of amides is 1. The summed E-state index contributed by atoms with van der Waals surface area (Å²) < 4.78 is 6.30. The minimum Gasteiger partial charge on any atom is -0.457 e. The third-order valence-electron chi connectivity index (χ3n) is 3.06. The number of nitro groups is 1. The van der Waals surface area contributed by atoms with E-state index in [0.29, 0.717) is 21.6 Å². The van der Waals surface area contributed by atoms with Crippen molar-refractivity contribution in [2.24, 2.45) is 0 Å². The molecule has 0 spiro atoms. The van der Waals surface area contributed by atoms with Crippen LogP contribution in [0.25, 0.3) is 17.4 Å². The first-order valence-corrected chi connectivity index (χ1v) is 7.52. The number of carbonyl (C=O) groups is 1. The van der Waals surface area contributed by atoms with Crippen molar-refractivity contribution in [3.63, 3.8) is 0 Å². The van der Waals surface area contributed by atoms with Gasteiger partial charge in [0.15, 0.2) is 5.11 Å². The lowest BCUT2D eigenvalue weighted by Crippen LogP contribution is -2.21. The van der Waals surface area contributed by atoms with E-state index in [1.165, 1.54) is 18.2 Å². The van der Waals surface area contributed by atoms with Crippen molar-refractivity contribution in [2.75, 3.05) is 0 Å². The van der Waals surface area contributed by atoms with Crippen molar-refractivity contribution in [3.05, 3.63) is 56.4 Å². The number of hydrogen-bond donors (Lipinski definition) is 2. The molecule has 1 aliphatic heterocycles. The Kier molecular flexibility index (Phi) is 3.97. The largest absolute Gasteiger partial charge is 0.457 e. The Labute approximate surface area is 143 Å². The van der Waals surface area contributed by atoms with Crippen molar-refractivity contribution in [1.82, 2.24) is 10.6 Å². The Morgan fingerprint density at radius 3 is 2.70 bits per heavy atom. The normalized spacial score (nSPS) is 15.6. The molecule has 2 aromatic rings. The number of nitro benzene ring substituents is 1. The fourth-order valence-corrected chi connectivity index (χ4v) is 2.66. The minimum absolute atomic E-state index is 0.0401. The van der Waals surface area contributed by atoms with Crippen LogP contribution in [0.15, 0.2) is 44.9 Å². The fraction of sp³-hybridized carbons (Fsp3) is 0. The summed E-state index contributed by atoms with van der Waals surface area (Å²) in [4.78, 5) is 22.0. The molecule has 2 N–H and O–H groups in total. The molecule has 0 atom stereocenters. The van der Waals surface area contributed by atoms with Gasteiger partial charge in [0.05, 0.1) is 4.92 Å². The standard InChI is InChI=1S/C14H8BrN3O4S/c15-10-3-1-7(18(20)21)5-9(10)12-4-2-8(22-12)6-11-13(19)17-14(23)16-11/h1-6H,(H2,16,17,19,23). The van der Waals surface area contributed by atoms with Gasteiger partial charge in [-0.25, -0.2) is 0 Å². The Hall–Kier alpha value is -2.52. The van der Waals surface area contributed by atoms with E-state index in [1.807, 2.05) is 0 Å². The van der Waals surface area contributed by atoms with Gasteiger partial charge >= 0.3 is 0 Å². The number of thiocarbonyl (C=S) groups is 1. The van der Waals surface area contributed by atoms with Gasteiger partial charge in [-0.2, -0.15) is 0 Å². The fourth-order valence-electron chi connectivity index (χ4n) is 2.02. The Bertz CT molecular complexity index is 875. The molecule has 116 valence electrons. The predicted molar refractivity (Wildman–Crippen MR) is 90.4 cm³/mol. The van der Waals surface area contributed by atoms with E-state index in [-0.39, 0.29) is 22.4 Å². The number of nitrogens with one attached hydrogen (secondary N) is 2. The lowest BCUT2D eigenvalue weighted by molar-refractivity contribution is -0.384. The molecule has 2 heterocycles. The van der Waals surface area contributed by atoms with Gasteiger partial charge in [0.1, 0.15) is 17.2 Å². The van der Waals surface area contributed by atoms with Crippen LogP contribution in [0.5, 0.6) is 0 Å². The molecule has 7 nitrogen and oxygen atoms in total. The first-order valence-electron chi connectivity index (χ1n) is 6.32. The summed E-state index contributed by atoms with van der Waals surface area (Å²) in [5.41, 5.74) is 0.777. The Balaban J connectivity index is 1.95. The van der Waals surface area contributed by atoms with Gasteiger partial charge in [0.25, 0.3) is 11.6 Å². The summed E-state index contributed by atoms with van der Waals surface area (Å²) >= 11 is 8.18. The maximum absolute atomic E-state index is 11.6. The molecular formula is C14H8BrN3O4S. The highest BCUT2D eigenvalue weighted by Gasteiger charge is 2.21. The zero-order chi connectivity index (χ0) is 16.6. The average Bonchev–Trinajstić information content (AvgIpc) is 3.06. The third-order valence-corrected chi connectivity index (χ3v) is 3.96. The predicted octanol–water partition coefficient (Wildman–Crippen LogP) is 2.96. The summed E-state index contributed by atoms with van der Waals surface area (Å²) in [5.74, 6) is 0.513. The monoisotopic (exact) mass is 393 g/mol. The second-order valence-corrected chi connectivity index (χ2v) is 5.85. The van der Waals surface area contributed by atoms with Crippen LogP contribution in [0, 0.1) is 10.1 Å². The summed E-state index contributed by atoms with van der Waals surface area (Å²) in [6.45, 7) is 0. The van der Waals surface area contributed by atoms with E-state index in [9.17, 15) is 14.9 Å². The van der Waals surface area contributed by atoms with Crippen molar-refractivity contribution in [3.8, 4) is 11.3 Å². The molecule has 3 rings (SSSR count). The van der Waals surface area contributed by atoms with Crippen LogP contribution in [-0.2, 0) is 4.79 Å². The van der Waals surface area contributed by atoms with E-state index in [0.717, 1.165) is 0 Å². The SMILES string of the molecule is O=C1NC(=S)NC1=Cc1ccc(-c2cc([N+](=O)[O-])ccc2Br)o1. The van der Waals surface area contributed by atoms with Crippen molar-refractivity contribution in [2.45, 2.75) is 0 Å². The van der Waals surface area contributed by atoms with Gasteiger partial charge in [-0.1, -0.05) is 15.9 Å². The van der Waals surface area contributed by atoms with Crippen LogP contribution < -0.4 is 10.6 Å². The molecule has 1 amide bonds. The van der Waals surface area contributed by atoms with Gasteiger partial charge < -0.3 is 9.73 Å². The third kappa shape index (κ3) is 3.15. The second kappa shape index (κ2) is 5.94. The molecule has 0 bridgehead atoms. The molecule has 1 saturated heterocycles. The van der Waals surface area contributed by atoms with Crippen molar-refractivity contribution < 1.29 is 14.1 Å². The quantitative estimate of drug-likeness (QED) is 0.360. The van der Waals surface area contributed by atoms with Gasteiger partial charge in [0.2, 0.25) is 0 Å². The van der Waals surface area contributed by atoms with Gasteiger partial charge in [-0.3, -0.25) is 20.2 Å². The smallest absolute Gasteiger partial charge is 0.274 e. The van der Waals surface area contributed by atoms with Gasteiger partial charge in [-0.15, -0.1) is 0 Å². The first kappa shape index (κ1) is 15.4. The minimum atomic E-state index is -0.477. The summed E-state index contributed by atoms with van der Waals surface area (Å²) in [6, 6.07) is 7.71. The molecule has 0 saturated carbocycles. The molecule has 9 heteroatoms. The first-order chi connectivity index (χ1) is 10.9. The van der Waals surface area contributed by atoms with Crippen LogP contribution in [-0.4, -0.2) is 15.9 Å². The number of benzene rings is 1. The van der Waals surface area contributed by atoms with E-state index >= 15 is 0 Å². The van der Waals surface area contributed by atoms with E-state index in [2.05, 4.69) is 26.6 Å². The molecular weight excluding hydrogens is 386 g/mol. The lowest BCUT2D eigenvalue weighted by atomic mass is 10.1. The van der Waals surface area contributed by atoms with Gasteiger partial charge in [0, 0.05) is 28.2 Å². The summed E-state index contributed by atoms with van der Waals surface area (Å²) in [6.07, 6.45) is 1.50. The number of carbonyl (C=O) groups excluding carboxylic acids is 1. The molecule has 1 aromatic carbocycles. The van der Waals surface area contributed by atoms with Gasteiger partial charge in [-0.05, 0) is 30.4 Å². The van der Waals surface area contributed by atoms with Crippen molar-refractivity contribution in [1.29, 1.82) is 0 Å². The van der Waals surface area contributed by atoms with Crippen LogP contribution in [0.3, 0.4) is 0 Å². The van der Waals surface area contributed by atoms with Crippen LogP contribution in [0.2, 0.25) is 0 Å². The van der Waals surface area contributed by atoms with E-state index in [1.54, 1.807) is 18.2 Å². The number of nitrogens with zero attached hydrogens (tertiary/aromatic N) is 1. The lowest BCUT2D eigenvalue weighted by Gasteiger charge is -2.01. The molecule has 0 aliphatic carbocycles. The topological polar surface area (TPSA) is 97.4 Å². The molecule has 0 unspecified atom stereocenters. The average molecular weight is 394 g/mol. The highest BCUT2D eigenvalue weighted by Crippen LogP contribution is 2.33. The molecule has 1 aliphatic rings. The summed E-state index contributed by atoms with van der Waals surface area (Å²) in [7, 11) is 0. The number of non-ortho nitro benzene ring substituents is 1. The number of hydrogen-bond acceptors (Lipinski definition) is 5. The van der Waals surface area contributed by atoms with E-state index in [4.69, 9.17) is 16.6 Å². The number of rotatable bonds is 3. The Morgan fingerprint density at radius 1 is 1.26 bits per heavy atom. The highest BCUT2D eigenvalue weighted by molar-refractivity contribution is 9.10. The maximum Gasteiger partial charge on any atom is 0.274 e. The number of halogens is 1. The molecule has 0 radical (unpaired) electrons. The van der Waals surface area contributed by atoms with E-state index < -0.39 is 4.92 Å². The highest BCUT2D eigenvalue weighted by atomic mass is 79.9. The Morgan fingerprint density at radius 2 is 2.04 bits per heavy atom. The second-order valence-electron chi connectivity index (χ2n) is 4.59. The van der Waals surface area contributed by atoms with Crippen LogP contribution in [0.1, 0.15) is 5.76 Å². The van der Waals surface area contributed by atoms with Crippen LogP contribution in [0.4, 0.5) is 5.69 Å². The zero-order valence-electron chi connectivity index (χ0n) is 11.3. The van der Waals surface area contributed by atoms with Crippen molar-refractivity contribution >= 4 is 50.9 Å². The summed E-state index contributed by atoms with van der Waals surface area (Å²) in [5, 5.41) is 16.3. The number of furan rings is 1.